The Labute approximate surface area is 136 Å². The van der Waals surface area contributed by atoms with Gasteiger partial charge in [0.05, 0.1) is 12.2 Å². The summed E-state index contributed by atoms with van der Waals surface area (Å²) < 4.78 is 0. The Kier molecular flexibility index (Phi) is 4.52. The van der Waals surface area contributed by atoms with Crippen molar-refractivity contribution in [2.45, 2.75) is 12.0 Å². The Balaban J connectivity index is 1.87. The molecule has 23 heavy (non-hydrogen) atoms. The Morgan fingerprint density at radius 2 is 1.17 bits per heavy atom. The van der Waals surface area contributed by atoms with Crippen LogP contribution in [0.1, 0.15) is 23.1 Å². The fraction of sp³-hybridized carbons (Fsp3) is 0.0952. The monoisotopic (exact) mass is 299 g/mol. The number of aliphatic hydroxyl groups excluding tert-OH is 1. The van der Waals surface area contributed by atoms with Gasteiger partial charge in [0.25, 0.3) is 0 Å². The number of hydrogen-bond acceptors (Lipinski definition) is 2. The van der Waals surface area contributed by atoms with Crippen molar-refractivity contribution in [3.05, 3.63) is 96.1 Å². The van der Waals surface area contributed by atoms with Gasteiger partial charge in [-0.1, -0.05) is 84.9 Å². The lowest BCUT2D eigenvalue weighted by Gasteiger charge is -2.17. The van der Waals surface area contributed by atoms with Gasteiger partial charge in [0.15, 0.2) is 0 Å². The summed E-state index contributed by atoms with van der Waals surface area (Å²) in [4.78, 5) is 0. The third kappa shape index (κ3) is 3.31. The number of nitrogens with zero attached hydrogens (tertiary/aromatic N) is 1. The lowest BCUT2D eigenvalue weighted by molar-refractivity contribution is 0.164. The molecule has 0 fully saturated rings. The molecular formula is C21H17NO. The van der Waals surface area contributed by atoms with Crippen LogP contribution in [0.2, 0.25) is 0 Å². The second-order valence-corrected chi connectivity index (χ2v) is 5.45. The molecule has 0 saturated heterocycles. The highest BCUT2D eigenvalue weighted by Crippen LogP contribution is 2.31. The summed E-state index contributed by atoms with van der Waals surface area (Å²) in [5.41, 5.74) is 3.81. The maximum absolute atomic E-state index is 10.5. The number of benzene rings is 3. The summed E-state index contributed by atoms with van der Waals surface area (Å²) in [5.74, 6) is -0.581. The Bertz CT molecular complexity index is 789. The van der Waals surface area contributed by atoms with E-state index in [4.69, 9.17) is 0 Å². The van der Waals surface area contributed by atoms with Gasteiger partial charge in [-0.05, 0) is 22.3 Å². The maximum atomic E-state index is 10.5. The van der Waals surface area contributed by atoms with Gasteiger partial charge in [0.2, 0.25) is 0 Å². The van der Waals surface area contributed by atoms with Crippen LogP contribution in [0.3, 0.4) is 0 Å². The highest BCUT2D eigenvalue weighted by molar-refractivity contribution is 5.63. The molecule has 0 saturated carbocycles. The molecule has 0 spiro atoms. The first-order valence-electron chi connectivity index (χ1n) is 7.57. The lowest BCUT2D eigenvalue weighted by atomic mass is 9.89. The van der Waals surface area contributed by atoms with Crippen molar-refractivity contribution in [2.75, 3.05) is 0 Å². The summed E-state index contributed by atoms with van der Waals surface area (Å²) in [5, 5.41) is 20.0. The van der Waals surface area contributed by atoms with Gasteiger partial charge in [0, 0.05) is 0 Å². The zero-order valence-corrected chi connectivity index (χ0v) is 12.6. The molecule has 0 amide bonds. The van der Waals surface area contributed by atoms with Crippen LogP contribution < -0.4 is 0 Å². The number of rotatable bonds is 4. The van der Waals surface area contributed by atoms with Crippen LogP contribution in [0.15, 0.2) is 84.9 Å². The van der Waals surface area contributed by atoms with Crippen LogP contribution in [-0.4, -0.2) is 5.11 Å². The number of aliphatic hydroxyl groups is 1. The molecule has 1 unspecified atom stereocenters. The van der Waals surface area contributed by atoms with E-state index >= 15 is 0 Å². The first kappa shape index (κ1) is 15.0. The molecule has 0 aromatic heterocycles. The fourth-order valence-corrected chi connectivity index (χ4v) is 2.68. The average Bonchev–Trinajstić information content (AvgIpc) is 2.64. The number of hydrogen-bond donors (Lipinski definition) is 1. The first-order chi connectivity index (χ1) is 11.3. The largest absolute Gasteiger partial charge is 0.387 e. The summed E-state index contributed by atoms with van der Waals surface area (Å²) in [6.45, 7) is 0. The van der Waals surface area contributed by atoms with Gasteiger partial charge in [-0.3, -0.25) is 0 Å². The highest BCUT2D eigenvalue weighted by atomic mass is 16.3. The van der Waals surface area contributed by atoms with Crippen molar-refractivity contribution in [1.82, 2.24) is 0 Å². The Morgan fingerprint density at radius 3 is 1.74 bits per heavy atom. The van der Waals surface area contributed by atoms with E-state index in [0.717, 1.165) is 22.3 Å². The molecule has 0 radical (unpaired) electrons. The molecule has 1 N–H and O–H groups in total. The highest BCUT2D eigenvalue weighted by Gasteiger charge is 2.22. The minimum atomic E-state index is -0.830. The molecule has 2 heteroatoms. The van der Waals surface area contributed by atoms with Crippen LogP contribution in [0.4, 0.5) is 0 Å². The van der Waals surface area contributed by atoms with E-state index < -0.39 is 12.0 Å². The van der Waals surface area contributed by atoms with Crippen molar-refractivity contribution < 1.29 is 5.11 Å². The standard InChI is InChI=1S/C21H17NO/c22-15-20(21(23)19-9-5-2-6-10-19)18-13-11-17(12-14-18)16-7-3-1-4-8-16/h1-14,20-21,23H/t20-,21?/m0/s1. The summed E-state index contributed by atoms with van der Waals surface area (Å²) in [6.07, 6.45) is -0.830. The predicted octanol–water partition coefficient (Wildman–Crippen LogP) is 4.69. The fourth-order valence-electron chi connectivity index (χ4n) is 2.68. The second-order valence-electron chi connectivity index (χ2n) is 5.45. The molecule has 3 aromatic rings. The molecule has 0 aliphatic heterocycles. The van der Waals surface area contributed by atoms with E-state index in [-0.39, 0.29) is 0 Å². The Morgan fingerprint density at radius 1 is 0.652 bits per heavy atom. The smallest absolute Gasteiger partial charge is 0.101 e. The van der Waals surface area contributed by atoms with Crippen molar-refractivity contribution in [2.24, 2.45) is 0 Å². The molecule has 3 rings (SSSR count). The minimum Gasteiger partial charge on any atom is -0.387 e. The second kappa shape index (κ2) is 6.91. The first-order valence-corrected chi connectivity index (χ1v) is 7.57. The third-order valence-corrected chi connectivity index (χ3v) is 3.97. The molecule has 3 aromatic carbocycles. The van der Waals surface area contributed by atoms with Crippen molar-refractivity contribution >= 4 is 0 Å². The van der Waals surface area contributed by atoms with E-state index in [2.05, 4.69) is 18.2 Å². The SMILES string of the molecule is N#C[C@@H](c1ccc(-c2ccccc2)cc1)C(O)c1ccccc1. The molecule has 2 atom stereocenters. The minimum absolute atomic E-state index is 0.581. The molecular weight excluding hydrogens is 282 g/mol. The lowest BCUT2D eigenvalue weighted by Crippen LogP contribution is -2.09. The van der Waals surface area contributed by atoms with E-state index in [0.29, 0.717) is 0 Å². The van der Waals surface area contributed by atoms with Gasteiger partial charge >= 0.3 is 0 Å². The van der Waals surface area contributed by atoms with E-state index in [9.17, 15) is 10.4 Å². The topological polar surface area (TPSA) is 44.0 Å². The third-order valence-electron chi connectivity index (χ3n) is 3.97. The molecule has 0 aliphatic rings. The molecule has 2 nitrogen and oxygen atoms in total. The number of nitriles is 1. The van der Waals surface area contributed by atoms with Gasteiger partial charge in [-0.25, -0.2) is 0 Å². The zero-order chi connectivity index (χ0) is 16.1. The summed E-state index contributed by atoms with van der Waals surface area (Å²) in [6, 6.07) is 29.4. The molecule has 0 bridgehead atoms. The van der Waals surface area contributed by atoms with Crippen LogP contribution in [0, 0.1) is 11.3 Å². The van der Waals surface area contributed by atoms with Crippen LogP contribution >= 0.6 is 0 Å². The summed E-state index contributed by atoms with van der Waals surface area (Å²) in [7, 11) is 0. The van der Waals surface area contributed by atoms with Gasteiger partial charge in [-0.15, -0.1) is 0 Å². The van der Waals surface area contributed by atoms with Crippen LogP contribution in [-0.2, 0) is 0 Å². The van der Waals surface area contributed by atoms with E-state index in [1.165, 1.54) is 0 Å². The van der Waals surface area contributed by atoms with Crippen molar-refractivity contribution in [3.63, 3.8) is 0 Å². The molecule has 0 aliphatic carbocycles. The van der Waals surface area contributed by atoms with E-state index in [1.807, 2.05) is 72.8 Å². The van der Waals surface area contributed by atoms with Gasteiger partial charge < -0.3 is 5.11 Å². The van der Waals surface area contributed by atoms with Crippen LogP contribution in [0.5, 0.6) is 0 Å². The Hall–Kier alpha value is -2.89. The van der Waals surface area contributed by atoms with Crippen LogP contribution in [0.25, 0.3) is 11.1 Å². The maximum Gasteiger partial charge on any atom is 0.101 e. The summed E-state index contributed by atoms with van der Waals surface area (Å²) >= 11 is 0. The molecule has 0 heterocycles. The molecule has 112 valence electrons. The zero-order valence-electron chi connectivity index (χ0n) is 12.6. The van der Waals surface area contributed by atoms with Crippen molar-refractivity contribution in [3.8, 4) is 17.2 Å². The van der Waals surface area contributed by atoms with E-state index in [1.54, 1.807) is 0 Å². The van der Waals surface area contributed by atoms with Gasteiger partial charge in [0.1, 0.15) is 5.92 Å². The van der Waals surface area contributed by atoms with Crippen molar-refractivity contribution in [1.29, 1.82) is 5.26 Å². The predicted molar refractivity (Wildman–Crippen MR) is 91.6 cm³/mol. The van der Waals surface area contributed by atoms with Gasteiger partial charge in [-0.2, -0.15) is 5.26 Å². The normalized spacial score (nSPS) is 13.0. The average molecular weight is 299 g/mol. The quantitative estimate of drug-likeness (QED) is 0.759.